The molecule has 2 aliphatic heterocycles. The van der Waals surface area contributed by atoms with E-state index in [-0.39, 0.29) is 28.8 Å². The molecule has 0 atom stereocenters. The summed E-state index contributed by atoms with van der Waals surface area (Å²) >= 11 is 0. The zero-order chi connectivity index (χ0) is 22.8. The van der Waals surface area contributed by atoms with Gasteiger partial charge in [0.15, 0.2) is 0 Å². The van der Waals surface area contributed by atoms with E-state index in [9.17, 15) is 29.3 Å². The molecule has 10 heteroatoms. The molecule has 2 aliphatic rings. The number of non-ortho nitro benzene ring substituents is 1. The van der Waals surface area contributed by atoms with Crippen LogP contribution in [0.5, 0.6) is 0 Å². The van der Waals surface area contributed by atoms with Gasteiger partial charge in [0.1, 0.15) is 6.54 Å². The summed E-state index contributed by atoms with van der Waals surface area (Å²) in [7, 11) is 0. The maximum absolute atomic E-state index is 12.5. The molecule has 0 bridgehead atoms. The van der Waals surface area contributed by atoms with Crippen LogP contribution in [0.4, 0.5) is 5.69 Å². The molecule has 0 spiro atoms. The van der Waals surface area contributed by atoms with E-state index < -0.39 is 29.2 Å². The Balaban J connectivity index is 1.32. The van der Waals surface area contributed by atoms with Crippen molar-refractivity contribution in [2.75, 3.05) is 19.6 Å². The molecule has 1 N–H and O–H groups in total. The second-order valence-corrected chi connectivity index (χ2v) is 7.68. The van der Waals surface area contributed by atoms with Gasteiger partial charge in [0.2, 0.25) is 5.91 Å². The number of fused-ring (bicyclic) bond motifs is 1. The van der Waals surface area contributed by atoms with E-state index >= 15 is 0 Å². The van der Waals surface area contributed by atoms with Crippen LogP contribution in [0.25, 0.3) is 0 Å². The molecule has 2 aromatic carbocycles. The number of benzene rings is 2. The number of carbonyl (C=O) groups is 4. The van der Waals surface area contributed by atoms with Gasteiger partial charge in [-0.1, -0.05) is 18.2 Å². The van der Waals surface area contributed by atoms with Crippen molar-refractivity contribution in [3.8, 4) is 0 Å². The number of piperidine rings is 1. The van der Waals surface area contributed by atoms with E-state index in [0.717, 1.165) is 17.0 Å². The van der Waals surface area contributed by atoms with Crippen molar-refractivity contribution in [2.45, 2.75) is 18.9 Å². The molecule has 10 nitrogen and oxygen atoms in total. The summed E-state index contributed by atoms with van der Waals surface area (Å²) in [5.74, 6) is -1.94. The standard InChI is InChI=1S/C22H20N4O6/c27-19(13-25-21(29)17-7-6-16(26(31)32)12-18(17)22(25)30)23-15-8-10-24(11-9-15)20(28)14-4-2-1-3-5-14/h1-7,12,15H,8-11,13H2,(H,23,27). The monoisotopic (exact) mass is 436 g/mol. The Hall–Kier alpha value is -4.08. The highest BCUT2D eigenvalue weighted by atomic mass is 16.6. The van der Waals surface area contributed by atoms with Crippen molar-refractivity contribution >= 4 is 29.3 Å². The molecule has 0 radical (unpaired) electrons. The van der Waals surface area contributed by atoms with Gasteiger partial charge < -0.3 is 10.2 Å². The molecular weight excluding hydrogens is 416 g/mol. The predicted molar refractivity (Wildman–Crippen MR) is 112 cm³/mol. The van der Waals surface area contributed by atoms with E-state index in [2.05, 4.69) is 5.32 Å². The Kier molecular flexibility index (Phi) is 5.67. The SMILES string of the molecule is O=C(CN1C(=O)c2ccc([N+](=O)[O-])cc2C1=O)NC1CCN(C(=O)c2ccccc2)CC1. The minimum Gasteiger partial charge on any atom is -0.352 e. The first-order valence-corrected chi connectivity index (χ1v) is 10.1. The van der Waals surface area contributed by atoms with Gasteiger partial charge in [-0.25, -0.2) is 0 Å². The molecule has 2 aromatic rings. The molecule has 4 amide bonds. The Labute approximate surface area is 182 Å². The number of imide groups is 1. The molecule has 2 heterocycles. The number of likely N-dealkylation sites (tertiary alicyclic amines) is 1. The van der Waals surface area contributed by atoms with Crippen molar-refractivity contribution in [1.29, 1.82) is 0 Å². The largest absolute Gasteiger partial charge is 0.352 e. The molecule has 32 heavy (non-hydrogen) atoms. The summed E-state index contributed by atoms with van der Waals surface area (Å²) in [5.41, 5.74) is 0.278. The van der Waals surface area contributed by atoms with Crippen LogP contribution in [-0.4, -0.2) is 64.0 Å². The average Bonchev–Trinajstić information content (AvgIpc) is 3.04. The van der Waals surface area contributed by atoms with E-state index in [0.29, 0.717) is 31.5 Å². The summed E-state index contributed by atoms with van der Waals surface area (Å²) in [6.07, 6.45) is 1.11. The second kappa shape index (κ2) is 8.58. The Morgan fingerprint density at radius 3 is 2.31 bits per heavy atom. The van der Waals surface area contributed by atoms with Crippen molar-refractivity contribution in [1.82, 2.24) is 15.1 Å². The first-order chi connectivity index (χ1) is 15.3. The first kappa shape index (κ1) is 21.2. The quantitative estimate of drug-likeness (QED) is 0.431. The topological polar surface area (TPSA) is 130 Å². The fourth-order valence-corrected chi connectivity index (χ4v) is 3.94. The van der Waals surface area contributed by atoms with E-state index in [4.69, 9.17) is 0 Å². The van der Waals surface area contributed by atoms with Gasteiger partial charge in [-0.3, -0.25) is 34.2 Å². The predicted octanol–water partition coefficient (Wildman–Crippen LogP) is 1.61. The average molecular weight is 436 g/mol. The summed E-state index contributed by atoms with van der Waals surface area (Å²) < 4.78 is 0. The van der Waals surface area contributed by atoms with Crippen LogP contribution >= 0.6 is 0 Å². The maximum atomic E-state index is 12.5. The number of amides is 4. The van der Waals surface area contributed by atoms with Gasteiger partial charge in [-0.15, -0.1) is 0 Å². The number of rotatable bonds is 5. The van der Waals surface area contributed by atoms with Gasteiger partial charge in [0.05, 0.1) is 16.1 Å². The molecule has 0 unspecified atom stereocenters. The van der Waals surface area contributed by atoms with Crippen molar-refractivity contribution < 1.29 is 24.1 Å². The van der Waals surface area contributed by atoms with E-state index in [1.807, 2.05) is 6.07 Å². The zero-order valence-corrected chi connectivity index (χ0v) is 17.0. The Morgan fingerprint density at radius 1 is 1.00 bits per heavy atom. The maximum Gasteiger partial charge on any atom is 0.270 e. The van der Waals surface area contributed by atoms with E-state index in [1.54, 1.807) is 29.2 Å². The van der Waals surface area contributed by atoms with Crippen LogP contribution in [0.1, 0.15) is 43.9 Å². The Morgan fingerprint density at radius 2 is 1.66 bits per heavy atom. The van der Waals surface area contributed by atoms with E-state index in [1.165, 1.54) is 6.07 Å². The smallest absolute Gasteiger partial charge is 0.270 e. The zero-order valence-electron chi connectivity index (χ0n) is 17.0. The lowest BCUT2D eigenvalue weighted by molar-refractivity contribution is -0.384. The molecule has 164 valence electrons. The fraction of sp³-hybridized carbons (Fsp3) is 0.273. The summed E-state index contributed by atoms with van der Waals surface area (Å²) in [6.45, 7) is 0.494. The van der Waals surface area contributed by atoms with Crippen molar-refractivity contribution in [2.24, 2.45) is 0 Å². The van der Waals surface area contributed by atoms with Crippen molar-refractivity contribution in [3.05, 3.63) is 75.3 Å². The third kappa shape index (κ3) is 4.07. The minimum absolute atomic E-state index is 0.0427. The summed E-state index contributed by atoms with van der Waals surface area (Å²) in [6, 6.07) is 12.2. The van der Waals surface area contributed by atoms with Gasteiger partial charge in [-0.2, -0.15) is 0 Å². The van der Waals surface area contributed by atoms with Gasteiger partial charge in [0, 0.05) is 36.8 Å². The second-order valence-electron chi connectivity index (χ2n) is 7.68. The molecule has 0 saturated carbocycles. The molecule has 1 fully saturated rings. The normalized spacial score (nSPS) is 16.1. The van der Waals surface area contributed by atoms with Gasteiger partial charge in [0.25, 0.3) is 23.4 Å². The molecular formula is C22H20N4O6. The third-order valence-electron chi connectivity index (χ3n) is 5.63. The highest BCUT2D eigenvalue weighted by Crippen LogP contribution is 2.26. The summed E-state index contributed by atoms with van der Waals surface area (Å²) in [5, 5.41) is 13.7. The lowest BCUT2D eigenvalue weighted by Crippen LogP contribution is -2.49. The van der Waals surface area contributed by atoms with Gasteiger partial charge in [-0.05, 0) is 31.0 Å². The number of hydrogen-bond acceptors (Lipinski definition) is 6. The number of nitro groups is 1. The first-order valence-electron chi connectivity index (χ1n) is 10.1. The number of nitrogens with one attached hydrogen (secondary N) is 1. The number of nitrogens with zero attached hydrogens (tertiary/aromatic N) is 3. The van der Waals surface area contributed by atoms with Crippen LogP contribution in [0.2, 0.25) is 0 Å². The third-order valence-corrected chi connectivity index (χ3v) is 5.63. The molecule has 1 saturated heterocycles. The number of nitro benzene ring substituents is 1. The lowest BCUT2D eigenvalue weighted by Gasteiger charge is -2.32. The highest BCUT2D eigenvalue weighted by molar-refractivity contribution is 6.22. The lowest BCUT2D eigenvalue weighted by atomic mass is 10.0. The number of carbonyl (C=O) groups excluding carboxylic acids is 4. The Bertz CT molecular complexity index is 1110. The molecule has 0 aliphatic carbocycles. The van der Waals surface area contributed by atoms with Crippen LogP contribution in [0.3, 0.4) is 0 Å². The molecule has 4 rings (SSSR count). The summed E-state index contributed by atoms with van der Waals surface area (Å²) in [4.78, 5) is 62.8. The fourth-order valence-electron chi connectivity index (χ4n) is 3.94. The van der Waals surface area contributed by atoms with Crippen LogP contribution < -0.4 is 5.32 Å². The minimum atomic E-state index is -0.730. The highest BCUT2D eigenvalue weighted by Gasteiger charge is 2.38. The van der Waals surface area contributed by atoms with Crippen LogP contribution in [-0.2, 0) is 4.79 Å². The molecule has 0 aromatic heterocycles. The van der Waals surface area contributed by atoms with Crippen LogP contribution in [0.15, 0.2) is 48.5 Å². The van der Waals surface area contributed by atoms with Gasteiger partial charge >= 0.3 is 0 Å². The number of hydrogen-bond donors (Lipinski definition) is 1. The van der Waals surface area contributed by atoms with Crippen molar-refractivity contribution in [3.63, 3.8) is 0 Å². The van der Waals surface area contributed by atoms with Crippen LogP contribution in [0, 0.1) is 10.1 Å².